The molecular weight excluding hydrogens is 322 g/mol. The molecular formula is C15H20BrNOS. The fourth-order valence-electron chi connectivity index (χ4n) is 2.04. The minimum Gasteiger partial charge on any atom is -0.459 e. The zero-order chi connectivity index (χ0) is 13.7. The number of thioether (sulfide) groups is 1. The van der Waals surface area contributed by atoms with Crippen LogP contribution in [0, 0.1) is 0 Å². The molecule has 2 nitrogen and oxygen atoms in total. The summed E-state index contributed by atoms with van der Waals surface area (Å²) in [5, 5.41) is 4.67. The van der Waals surface area contributed by atoms with Crippen LogP contribution in [0.15, 0.2) is 33.2 Å². The summed E-state index contributed by atoms with van der Waals surface area (Å²) in [6.07, 6.45) is 4.65. The molecule has 0 fully saturated rings. The van der Waals surface area contributed by atoms with Gasteiger partial charge in [0, 0.05) is 9.86 Å². The fraction of sp³-hybridized carbons (Fsp3) is 0.467. The largest absolute Gasteiger partial charge is 0.459 e. The first-order chi connectivity index (χ1) is 9.20. The summed E-state index contributed by atoms with van der Waals surface area (Å²) in [4.78, 5) is 0. The summed E-state index contributed by atoms with van der Waals surface area (Å²) in [6.45, 7) is 3.20. The van der Waals surface area contributed by atoms with Crippen molar-refractivity contribution in [1.82, 2.24) is 5.32 Å². The standard InChI is InChI=1S/C15H20BrNOS/c1-11(17-7-3-4-8-19-2)15-10-12-9-13(16)5-6-14(12)18-15/h5-6,9-11,17H,3-4,7-8H2,1-2H3. The highest BCUT2D eigenvalue weighted by molar-refractivity contribution is 9.10. The minimum atomic E-state index is 0.264. The van der Waals surface area contributed by atoms with Crippen LogP contribution < -0.4 is 5.32 Å². The summed E-state index contributed by atoms with van der Waals surface area (Å²) >= 11 is 5.40. The molecule has 0 radical (unpaired) electrons. The second-order valence-corrected chi connectivity index (χ2v) is 6.61. The fourth-order valence-corrected chi connectivity index (χ4v) is 2.91. The molecule has 1 N–H and O–H groups in total. The first-order valence-corrected chi connectivity index (χ1v) is 8.80. The molecule has 0 bridgehead atoms. The number of halogens is 1. The van der Waals surface area contributed by atoms with Crippen LogP contribution in [0.1, 0.15) is 31.6 Å². The van der Waals surface area contributed by atoms with E-state index < -0.39 is 0 Å². The predicted molar refractivity (Wildman–Crippen MR) is 87.9 cm³/mol. The quantitative estimate of drug-likeness (QED) is 0.718. The van der Waals surface area contributed by atoms with Gasteiger partial charge in [-0.3, -0.25) is 0 Å². The van der Waals surface area contributed by atoms with E-state index in [0.717, 1.165) is 27.7 Å². The van der Waals surface area contributed by atoms with Crippen molar-refractivity contribution < 1.29 is 4.42 Å². The molecule has 104 valence electrons. The van der Waals surface area contributed by atoms with Crippen molar-refractivity contribution in [3.63, 3.8) is 0 Å². The van der Waals surface area contributed by atoms with E-state index in [9.17, 15) is 0 Å². The highest BCUT2D eigenvalue weighted by Crippen LogP contribution is 2.26. The van der Waals surface area contributed by atoms with Gasteiger partial charge in [-0.2, -0.15) is 11.8 Å². The molecule has 4 heteroatoms. The molecule has 0 amide bonds. The van der Waals surface area contributed by atoms with Gasteiger partial charge >= 0.3 is 0 Å². The van der Waals surface area contributed by atoms with Gasteiger partial charge in [0.25, 0.3) is 0 Å². The molecule has 0 saturated heterocycles. The van der Waals surface area contributed by atoms with E-state index in [1.807, 2.05) is 23.9 Å². The van der Waals surface area contributed by atoms with E-state index in [4.69, 9.17) is 4.42 Å². The van der Waals surface area contributed by atoms with Crippen molar-refractivity contribution in [1.29, 1.82) is 0 Å². The lowest BCUT2D eigenvalue weighted by Gasteiger charge is -2.10. The highest BCUT2D eigenvalue weighted by Gasteiger charge is 2.10. The Morgan fingerprint density at radius 1 is 1.32 bits per heavy atom. The first-order valence-electron chi connectivity index (χ1n) is 6.62. The number of unbranched alkanes of at least 4 members (excludes halogenated alkanes) is 1. The zero-order valence-corrected chi connectivity index (χ0v) is 13.8. The molecule has 1 aromatic carbocycles. The zero-order valence-electron chi connectivity index (χ0n) is 11.4. The first kappa shape index (κ1) is 14.9. The molecule has 0 aliphatic heterocycles. The van der Waals surface area contributed by atoms with Gasteiger partial charge in [-0.1, -0.05) is 15.9 Å². The monoisotopic (exact) mass is 341 g/mol. The lowest BCUT2D eigenvalue weighted by molar-refractivity contribution is 0.448. The van der Waals surface area contributed by atoms with Gasteiger partial charge in [0.2, 0.25) is 0 Å². The average molecular weight is 342 g/mol. The Bertz CT molecular complexity index is 526. The number of furan rings is 1. The number of hydrogen-bond acceptors (Lipinski definition) is 3. The minimum absolute atomic E-state index is 0.264. The van der Waals surface area contributed by atoms with Crippen LogP contribution in [0.5, 0.6) is 0 Å². The van der Waals surface area contributed by atoms with E-state index in [1.54, 1.807) is 0 Å². The molecule has 1 atom stereocenters. The SMILES string of the molecule is CSCCCCNC(C)c1cc2cc(Br)ccc2o1. The summed E-state index contributed by atoms with van der Waals surface area (Å²) in [6, 6.07) is 8.50. The van der Waals surface area contributed by atoms with Crippen LogP contribution in [0.2, 0.25) is 0 Å². The lowest BCUT2D eigenvalue weighted by Crippen LogP contribution is -2.19. The molecule has 0 saturated carbocycles. The maximum atomic E-state index is 5.88. The second kappa shape index (κ2) is 7.36. The third-order valence-corrected chi connectivity index (χ3v) is 4.34. The number of benzene rings is 1. The smallest absolute Gasteiger partial charge is 0.134 e. The van der Waals surface area contributed by atoms with E-state index >= 15 is 0 Å². The van der Waals surface area contributed by atoms with Crippen LogP contribution in [0.25, 0.3) is 11.0 Å². The molecule has 2 rings (SSSR count). The van der Waals surface area contributed by atoms with Crippen LogP contribution >= 0.6 is 27.7 Å². The van der Waals surface area contributed by atoms with E-state index in [0.29, 0.717) is 0 Å². The van der Waals surface area contributed by atoms with E-state index in [1.165, 1.54) is 18.6 Å². The molecule has 1 heterocycles. The van der Waals surface area contributed by atoms with E-state index in [-0.39, 0.29) is 6.04 Å². The van der Waals surface area contributed by atoms with Crippen LogP contribution in [0.3, 0.4) is 0 Å². The summed E-state index contributed by atoms with van der Waals surface area (Å²) < 4.78 is 6.96. The number of nitrogens with one attached hydrogen (secondary N) is 1. The van der Waals surface area contributed by atoms with Gasteiger partial charge in [-0.15, -0.1) is 0 Å². The third kappa shape index (κ3) is 4.26. The van der Waals surface area contributed by atoms with Crippen LogP contribution in [-0.4, -0.2) is 18.6 Å². The van der Waals surface area contributed by atoms with Crippen molar-refractivity contribution in [2.24, 2.45) is 0 Å². The van der Waals surface area contributed by atoms with Crippen molar-refractivity contribution in [3.05, 3.63) is 34.5 Å². The number of fused-ring (bicyclic) bond motifs is 1. The Balaban J connectivity index is 1.91. The molecule has 0 aliphatic carbocycles. The molecule has 0 aliphatic rings. The van der Waals surface area contributed by atoms with Gasteiger partial charge in [-0.25, -0.2) is 0 Å². The normalized spacial score (nSPS) is 13.0. The molecule has 0 spiro atoms. The highest BCUT2D eigenvalue weighted by atomic mass is 79.9. The summed E-state index contributed by atoms with van der Waals surface area (Å²) in [5.41, 5.74) is 0.953. The van der Waals surface area contributed by atoms with Gasteiger partial charge in [-0.05, 0) is 62.6 Å². The lowest BCUT2D eigenvalue weighted by atomic mass is 10.2. The Kier molecular flexibility index (Phi) is 5.79. The van der Waals surface area contributed by atoms with Gasteiger partial charge in [0.05, 0.1) is 6.04 Å². The Morgan fingerprint density at radius 2 is 2.16 bits per heavy atom. The molecule has 19 heavy (non-hydrogen) atoms. The second-order valence-electron chi connectivity index (χ2n) is 4.71. The van der Waals surface area contributed by atoms with Crippen molar-refractivity contribution in [2.45, 2.75) is 25.8 Å². The number of rotatable bonds is 7. The maximum absolute atomic E-state index is 5.88. The average Bonchev–Trinajstić information content (AvgIpc) is 2.81. The topological polar surface area (TPSA) is 25.2 Å². The molecule has 1 unspecified atom stereocenters. The van der Waals surface area contributed by atoms with Gasteiger partial charge in [0.15, 0.2) is 0 Å². The predicted octanol–water partition coefficient (Wildman–Crippen LogP) is 4.99. The van der Waals surface area contributed by atoms with E-state index in [2.05, 4.69) is 46.6 Å². The van der Waals surface area contributed by atoms with Gasteiger partial charge < -0.3 is 9.73 Å². The summed E-state index contributed by atoms with van der Waals surface area (Å²) in [5.74, 6) is 2.26. The van der Waals surface area contributed by atoms with Gasteiger partial charge in [0.1, 0.15) is 11.3 Å². The van der Waals surface area contributed by atoms with Crippen molar-refractivity contribution in [3.8, 4) is 0 Å². The van der Waals surface area contributed by atoms with Crippen molar-refractivity contribution >= 4 is 38.7 Å². The Labute approximate surface area is 127 Å². The Morgan fingerprint density at radius 3 is 2.95 bits per heavy atom. The maximum Gasteiger partial charge on any atom is 0.134 e. The van der Waals surface area contributed by atoms with Crippen LogP contribution in [0.4, 0.5) is 0 Å². The van der Waals surface area contributed by atoms with Crippen LogP contribution in [-0.2, 0) is 0 Å². The molecule has 1 aromatic heterocycles. The summed E-state index contributed by atoms with van der Waals surface area (Å²) in [7, 11) is 0. The third-order valence-electron chi connectivity index (χ3n) is 3.15. The Hall–Kier alpha value is -0.450. The molecule has 2 aromatic rings. The number of hydrogen-bond donors (Lipinski definition) is 1. The van der Waals surface area contributed by atoms with Crippen molar-refractivity contribution in [2.75, 3.05) is 18.6 Å².